The van der Waals surface area contributed by atoms with Crippen LogP contribution in [-0.2, 0) is 14.8 Å². The highest BCUT2D eigenvalue weighted by Gasteiger charge is 2.36. The van der Waals surface area contributed by atoms with Gasteiger partial charge in [0.2, 0.25) is 15.9 Å². The number of rotatable bonds is 5. The molecule has 8 heteroatoms. The molecule has 1 heterocycles. The van der Waals surface area contributed by atoms with Crippen LogP contribution < -0.4 is 5.32 Å². The Kier molecular flexibility index (Phi) is 3.69. The largest absolute Gasteiger partial charge is 0.301 e. The monoisotopic (exact) mass is 289 g/mol. The Labute approximate surface area is 110 Å². The molecule has 0 spiro atoms. The number of anilines is 1. The zero-order valence-corrected chi connectivity index (χ0v) is 11.8. The van der Waals surface area contributed by atoms with Gasteiger partial charge in [-0.2, -0.15) is 4.31 Å². The maximum atomic E-state index is 11.8. The minimum atomic E-state index is -3.33. The van der Waals surface area contributed by atoms with Gasteiger partial charge in [-0.25, -0.2) is 13.4 Å². The molecule has 18 heavy (non-hydrogen) atoms. The fourth-order valence-electron chi connectivity index (χ4n) is 1.59. The van der Waals surface area contributed by atoms with Crippen molar-refractivity contribution < 1.29 is 13.2 Å². The summed E-state index contributed by atoms with van der Waals surface area (Å²) in [5, 5.41) is 3.11. The molecular weight excluding hydrogens is 274 g/mol. The first-order valence-corrected chi connectivity index (χ1v) is 8.22. The molecule has 1 aliphatic rings. The van der Waals surface area contributed by atoms with E-state index in [0.717, 1.165) is 24.0 Å². The third kappa shape index (κ3) is 3.50. The molecule has 1 fully saturated rings. The lowest BCUT2D eigenvalue weighted by Crippen LogP contribution is -2.38. The average Bonchev–Trinajstić information content (AvgIpc) is 2.98. The topological polar surface area (TPSA) is 79.4 Å². The summed E-state index contributed by atoms with van der Waals surface area (Å²) < 4.78 is 24.3. The summed E-state index contributed by atoms with van der Waals surface area (Å²) >= 11 is 1.36. The Balaban J connectivity index is 1.97. The summed E-state index contributed by atoms with van der Waals surface area (Å²) in [6, 6.07) is -0.0104. The minimum absolute atomic E-state index is 0.0104. The van der Waals surface area contributed by atoms with Gasteiger partial charge in [0.15, 0.2) is 5.13 Å². The number of hydrogen-bond donors (Lipinski definition) is 1. The van der Waals surface area contributed by atoms with Gasteiger partial charge in [0.1, 0.15) is 0 Å². The van der Waals surface area contributed by atoms with Crippen molar-refractivity contribution in [1.29, 1.82) is 0 Å². The molecule has 0 bridgehead atoms. The maximum absolute atomic E-state index is 11.8. The van der Waals surface area contributed by atoms with Crippen LogP contribution in [0.5, 0.6) is 0 Å². The molecule has 1 N–H and O–H groups in total. The van der Waals surface area contributed by atoms with Crippen molar-refractivity contribution in [3.63, 3.8) is 0 Å². The summed E-state index contributed by atoms with van der Waals surface area (Å²) in [5.41, 5.74) is 0. The van der Waals surface area contributed by atoms with E-state index in [2.05, 4.69) is 10.3 Å². The molecular formula is C10H15N3O3S2. The fraction of sp³-hybridized carbons (Fsp3) is 0.600. The van der Waals surface area contributed by atoms with Crippen LogP contribution in [0.1, 0.15) is 17.7 Å². The summed E-state index contributed by atoms with van der Waals surface area (Å²) in [6.45, 7) is 1.75. The number of hydrogen-bond acceptors (Lipinski definition) is 5. The van der Waals surface area contributed by atoms with Crippen LogP contribution in [0, 0.1) is 6.92 Å². The van der Waals surface area contributed by atoms with E-state index in [0.29, 0.717) is 5.13 Å². The smallest absolute Gasteiger partial charge is 0.241 e. The molecule has 0 aromatic carbocycles. The highest BCUT2D eigenvalue weighted by atomic mass is 32.2. The van der Waals surface area contributed by atoms with Crippen molar-refractivity contribution in [3.05, 3.63) is 11.1 Å². The zero-order chi connectivity index (χ0) is 13.3. The molecule has 0 saturated heterocycles. The Morgan fingerprint density at radius 1 is 1.61 bits per heavy atom. The van der Waals surface area contributed by atoms with Crippen molar-refractivity contribution in [3.8, 4) is 0 Å². The molecule has 100 valence electrons. The standard InChI is InChI=1S/C10H15N3O3S2/c1-7-5-11-10(17-7)12-9(14)6-13(8-3-4-8)18(2,15)16/h5,8H,3-4,6H2,1-2H3,(H,11,12,14). The summed E-state index contributed by atoms with van der Waals surface area (Å²) in [4.78, 5) is 16.8. The molecule has 1 amide bonds. The lowest BCUT2D eigenvalue weighted by molar-refractivity contribution is -0.116. The van der Waals surface area contributed by atoms with Crippen molar-refractivity contribution in [2.75, 3.05) is 18.1 Å². The Bertz CT molecular complexity index is 548. The van der Waals surface area contributed by atoms with E-state index in [1.165, 1.54) is 15.6 Å². The number of nitrogens with zero attached hydrogens (tertiary/aromatic N) is 2. The lowest BCUT2D eigenvalue weighted by Gasteiger charge is -2.18. The van der Waals surface area contributed by atoms with Gasteiger partial charge in [-0.05, 0) is 19.8 Å². The van der Waals surface area contributed by atoms with Crippen molar-refractivity contribution in [1.82, 2.24) is 9.29 Å². The van der Waals surface area contributed by atoms with Gasteiger partial charge in [-0.1, -0.05) is 0 Å². The Hall–Kier alpha value is -0.990. The molecule has 1 saturated carbocycles. The number of sulfonamides is 1. The van der Waals surface area contributed by atoms with Crippen LogP contribution in [0.3, 0.4) is 0 Å². The first-order valence-electron chi connectivity index (χ1n) is 5.55. The van der Waals surface area contributed by atoms with Crippen LogP contribution in [0.4, 0.5) is 5.13 Å². The van der Waals surface area contributed by atoms with Gasteiger partial charge in [0.05, 0.1) is 12.8 Å². The van der Waals surface area contributed by atoms with Gasteiger partial charge < -0.3 is 5.32 Å². The number of carbonyl (C=O) groups is 1. The van der Waals surface area contributed by atoms with Crippen molar-refractivity contribution >= 4 is 32.4 Å². The quantitative estimate of drug-likeness (QED) is 0.870. The number of nitrogens with one attached hydrogen (secondary N) is 1. The molecule has 0 radical (unpaired) electrons. The normalized spacial score (nSPS) is 15.9. The molecule has 0 atom stereocenters. The predicted molar refractivity (Wildman–Crippen MR) is 70.1 cm³/mol. The van der Waals surface area contributed by atoms with Gasteiger partial charge in [-0.3, -0.25) is 4.79 Å². The number of carbonyl (C=O) groups excluding carboxylic acids is 1. The van der Waals surface area contributed by atoms with Crippen LogP contribution >= 0.6 is 11.3 Å². The number of thiazole rings is 1. The fourth-order valence-corrected chi connectivity index (χ4v) is 3.38. The summed E-state index contributed by atoms with van der Waals surface area (Å²) in [7, 11) is -3.33. The van der Waals surface area contributed by atoms with E-state index in [4.69, 9.17) is 0 Å². The maximum Gasteiger partial charge on any atom is 0.241 e. The van der Waals surface area contributed by atoms with Crippen LogP contribution in [-0.4, -0.2) is 42.5 Å². The Morgan fingerprint density at radius 3 is 2.72 bits per heavy atom. The lowest BCUT2D eigenvalue weighted by atomic mass is 10.5. The van der Waals surface area contributed by atoms with E-state index in [-0.39, 0.29) is 18.5 Å². The first kappa shape index (κ1) is 13.4. The highest BCUT2D eigenvalue weighted by molar-refractivity contribution is 7.88. The second-order valence-corrected chi connectivity index (χ2v) is 7.53. The molecule has 0 unspecified atom stereocenters. The molecule has 6 nitrogen and oxygen atoms in total. The number of amides is 1. The molecule has 1 aromatic heterocycles. The third-order valence-electron chi connectivity index (χ3n) is 2.55. The second-order valence-electron chi connectivity index (χ2n) is 4.36. The van der Waals surface area contributed by atoms with Gasteiger partial charge in [0, 0.05) is 17.1 Å². The van der Waals surface area contributed by atoms with Crippen molar-refractivity contribution in [2.45, 2.75) is 25.8 Å². The van der Waals surface area contributed by atoms with Crippen LogP contribution in [0.2, 0.25) is 0 Å². The zero-order valence-electron chi connectivity index (χ0n) is 10.2. The molecule has 0 aliphatic heterocycles. The third-order valence-corrected chi connectivity index (χ3v) is 4.65. The van der Waals surface area contributed by atoms with E-state index < -0.39 is 10.0 Å². The van der Waals surface area contributed by atoms with E-state index in [1.807, 2.05) is 6.92 Å². The van der Waals surface area contributed by atoms with Crippen molar-refractivity contribution in [2.24, 2.45) is 0 Å². The predicted octanol–water partition coefficient (Wildman–Crippen LogP) is 0.814. The van der Waals surface area contributed by atoms with E-state index >= 15 is 0 Å². The number of aryl methyl sites for hydroxylation is 1. The SMILES string of the molecule is Cc1cnc(NC(=O)CN(C2CC2)S(C)(=O)=O)s1. The Morgan fingerprint density at radius 2 is 2.28 bits per heavy atom. The summed E-state index contributed by atoms with van der Waals surface area (Å²) in [5.74, 6) is -0.346. The van der Waals surface area contributed by atoms with Crippen LogP contribution in [0.25, 0.3) is 0 Å². The molecule has 1 aromatic rings. The van der Waals surface area contributed by atoms with Gasteiger partial charge in [0.25, 0.3) is 0 Å². The average molecular weight is 289 g/mol. The van der Waals surface area contributed by atoms with Gasteiger partial charge in [-0.15, -0.1) is 11.3 Å². The molecule has 1 aliphatic carbocycles. The van der Waals surface area contributed by atoms with E-state index in [9.17, 15) is 13.2 Å². The first-order chi connectivity index (χ1) is 8.36. The summed E-state index contributed by atoms with van der Waals surface area (Å²) in [6.07, 6.45) is 4.45. The van der Waals surface area contributed by atoms with Gasteiger partial charge >= 0.3 is 0 Å². The van der Waals surface area contributed by atoms with E-state index in [1.54, 1.807) is 6.20 Å². The van der Waals surface area contributed by atoms with Crippen LogP contribution in [0.15, 0.2) is 6.20 Å². The minimum Gasteiger partial charge on any atom is -0.301 e. The second kappa shape index (κ2) is 4.94. The number of aromatic nitrogens is 1. The molecule has 2 rings (SSSR count). The highest BCUT2D eigenvalue weighted by Crippen LogP contribution is 2.28.